The quantitative estimate of drug-likeness (QED) is 0.353. The van der Waals surface area contributed by atoms with Crippen molar-refractivity contribution in [1.29, 1.82) is 0 Å². The Morgan fingerprint density at radius 3 is 2.76 bits per heavy atom. The van der Waals surface area contributed by atoms with E-state index < -0.39 is 0 Å². The number of nitrogens with one attached hydrogen (secondary N) is 1. The van der Waals surface area contributed by atoms with E-state index in [1.54, 1.807) is 42.0 Å². The van der Waals surface area contributed by atoms with E-state index in [9.17, 15) is 4.39 Å². The summed E-state index contributed by atoms with van der Waals surface area (Å²) < 4.78 is 22.7. The van der Waals surface area contributed by atoms with Gasteiger partial charge in [0.05, 0.1) is 33.2 Å². The number of thiazole rings is 1. The number of rotatable bonds is 6. The second-order valence-corrected chi connectivity index (χ2v) is 8.55. The zero-order chi connectivity index (χ0) is 20.4. The van der Waals surface area contributed by atoms with Crippen LogP contribution in [0, 0.1) is 12.7 Å². The van der Waals surface area contributed by atoms with Crippen LogP contribution in [0.5, 0.6) is 0 Å². The van der Waals surface area contributed by atoms with Gasteiger partial charge in [-0.2, -0.15) is 0 Å². The molecule has 0 saturated carbocycles. The number of halogens is 1. The van der Waals surface area contributed by atoms with Gasteiger partial charge >= 0.3 is 0 Å². The Balaban J connectivity index is 1.74. The minimum absolute atomic E-state index is 0.281. The number of benzene rings is 1. The molecule has 8 heteroatoms. The van der Waals surface area contributed by atoms with E-state index in [1.807, 2.05) is 19.1 Å². The summed E-state index contributed by atoms with van der Waals surface area (Å²) in [5.74, 6) is 0.638. The van der Waals surface area contributed by atoms with Gasteiger partial charge in [0, 0.05) is 29.6 Å². The van der Waals surface area contributed by atoms with E-state index in [0.29, 0.717) is 16.6 Å². The average molecular weight is 427 g/mol. The second kappa shape index (κ2) is 8.34. The van der Waals surface area contributed by atoms with Crippen LogP contribution in [0.15, 0.2) is 58.4 Å². The number of aryl methyl sites for hydroxylation is 1. The molecule has 0 aliphatic carbocycles. The van der Waals surface area contributed by atoms with Crippen LogP contribution < -0.4 is 4.72 Å². The molecule has 5 nitrogen and oxygen atoms in total. The van der Waals surface area contributed by atoms with Crippen LogP contribution in [0.3, 0.4) is 0 Å². The summed E-state index contributed by atoms with van der Waals surface area (Å²) in [5.41, 5.74) is 2.81. The van der Waals surface area contributed by atoms with Crippen molar-refractivity contribution in [3.63, 3.8) is 0 Å². The molecule has 0 spiro atoms. The Hall–Kier alpha value is -2.71. The Morgan fingerprint density at radius 1 is 1.17 bits per heavy atom. The number of hydrogen-bond acceptors (Lipinski definition) is 7. The zero-order valence-electron chi connectivity index (χ0n) is 16.1. The maximum absolute atomic E-state index is 14.4. The first-order chi connectivity index (χ1) is 14.0. The lowest BCUT2D eigenvalue weighted by Gasteiger charge is -2.08. The van der Waals surface area contributed by atoms with Crippen LogP contribution in [0.1, 0.15) is 30.6 Å². The van der Waals surface area contributed by atoms with Crippen molar-refractivity contribution in [1.82, 2.24) is 15.0 Å². The molecule has 0 unspecified atom stereocenters. The molecular weight excluding hydrogens is 407 g/mol. The predicted molar refractivity (Wildman–Crippen MR) is 116 cm³/mol. The van der Waals surface area contributed by atoms with E-state index in [1.165, 1.54) is 18.0 Å². The first-order valence-electron chi connectivity index (χ1n) is 9.08. The maximum atomic E-state index is 14.4. The van der Waals surface area contributed by atoms with Crippen molar-refractivity contribution in [2.45, 2.75) is 31.8 Å². The van der Waals surface area contributed by atoms with Gasteiger partial charge in [0.15, 0.2) is 5.09 Å². The predicted octanol–water partition coefficient (Wildman–Crippen LogP) is 6.55. The van der Waals surface area contributed by atoms with Gasteiger partial charge < -0.3 is 9.14 Å². The third kappa shape index (κ3) is 4.33. The summed E-state index contributed by atoms with van der Waals surface area (Å²) in [5, 5.41) is 1.66. The fourth-order valence-electron chi connectivity index (χ4n) is 2.71. The molecule has 0 amide bonds. The first kappa shape index (κ1) is 19.6. The van der Waals surface area contributed by atoms with Crippen LogP contribution >= 0.6 is 23.3 Å². The van der Waals surface area contributed by atoms with Crippen LogP contribution in [0.4, 0.5) is 10.1 Å². The zero-order valence-corrected chi connectivity index (χ0v) is 17.8. The van der Waals surface area contributed by atoms with Crippen LogP contribution in [0.2, 0.25) is 0 Å². The summed E-state index contributed by atoms with van der Waals surface area (Å²) in [4.78, 5) is 14.6. The fraction of sp³-hybridized carbons (Fsp3) is 0.190. The van der Waals surface area contributed by atoms with Crippen LogP contribution in [0.25, 0.3) is 21.8 Å². The molecule has 29 heavy (non-hydrogen) atoms. The highest BCUT2D eigenvalue weighted by atomic mass is 32.2. The molecule has 4 rings (SSSR count). The lowest BCUT2D eigenvalue weighted by Crippen LogP contribution is -1.94. The summed E-state index contributed by atoms with van der Waals surface area (Å²) in [6.07, 6.45) is 3.32. The Kier molecular flexibility index (Phi) is 5.64. The van der Waals surface area contributed by atoms with Gasteiger partial charge in [0.25, 0.3) is 0 Å². The number of nitrogens with zero attached hydrogens (tertiary/aromatic N) is 3. The highest BCUT2D eigenvalue weighted by molar-refractivity contribution is 8.00. The van der Waals surface area contributed by atoms with Gasteiger partial charge in [-0.1, -0.05) is 13.8 Å². The minimum Gasteiger partial charge on any atom is -0.456 e. The molecule has 0 fully saturated rings. The van der Waals surface area contributed by atoms with Crippen LogP contribution in [-0.2, 0) is 0 Å². The smallest absolute Gasteiger partial charge is 0.180 e. The van der Waals surface area contributed by atoms with Gasteiger partial charge in [0.2, 0.25) is 0 Å². The number of aromatic nitrogens is 3. The molecule has 0 aliphatic rings. The highest BCUT2D eigenvalue weighted by Crippen LogP contribution is 2.39. The molecule has 0 atom stereocenters. The minimum atomic E-state index is -0.341. The van der Waals surface area contributed by atoms with E-state index in [-0.39, 0.29) is 11.7 Å². The first-order valence-corrected chi connectivity index (χ1v) is 10.7. The van der Waals surface area contributed by atoms with Gasteiger partial charge in [-0.3, -0.25) is 0 Å². The normalized spacial score (nSPS) is 11.2. The molecule has 3 heterocycles. The maximum Gasteiger partial charge on any atom is 0.180 e. The third-order valence-electron chi connectivity index (χ3n) is 4.14. The molecule has 0 aliphatic heterocycles. The van der Waals surface area contributed by atoms with Crippen molar-refractivity contribution in [3.05, 3.63) is 65.5 Å². The molecule has 0 saturated heterocycles. The number of furan rings is 1. The van der Waals surface area contributed by atoms with Crippen molar-refractivity contribution < 1.29 is 8.81 Å². The lowest BCUT2D eigenvalue weighted by atomic mass is 10.1. The molecule has 1 aromatic carbocycles. The molecule has 0 bridgehead atoms. The van der Waals surface area contributed by atoms with Crippen molar-refractivity contribution in [2.75, 3.05) is 4.72 Å². The summed E-state index contributed by atoms with van der Waals surface area (Å²) in [6.45, 7) is 6.07. The SMILES string of the molecule is Cc1nccc(-c2sc(C(C)C)nc2-c2ccc(F)c(NSc3ccco3)c2)n1. The number of hydrogen-bond donors (Lipinski definition) is 1. The molecule has 0 radical (unpaired) electrons. The van der Waals surface area contributed by atoms with Gasteiger partial charge in [0.1, 0.15) is 11.6 Å². The Bertz CT molecular complexity index is 1130. The van der Waals surface area contributed by atoms with Crippen molar-refractivity contribution in [3.8, 4) is 21.8 Å². The van der Waals surface area contributed by atoms with Gasteiger partial charge in [-0.25, -0.2) is 19.3 Å². The summed E-state index contributed by atoms with van der Waals surface area (Å²) >= 11 is 2.83. The molecular formula is C21H19FN4OS2. The topological polar surface area (TPSA) is 63.8 Å². The monoisotopic (exact) mass is 426 g/mol. The van der Waals surface area contributed by atoms with E-state index in [0.717, 1.165) is 26.8 Å². The number of anilines is 1. The Labute approximate surface area is 176 Å². The van der Waals surface area contributed by atoms with Crippen LogP contribution in [-0.4, -0.2) is 15.0 Å². The highest BCUT2D eigenvalue weighted by Gasteiger charge is 2.19. The van der Waals surface area contributed by atoms with Gasteiger partial charge in [-0.15, -0.1) is 11.3 Å². The largest absolute Gasteiger partial charge is 0.456 e. The van der Waals surface area contributed by atoms with Gasteiger partial charge in [-0.05, 0) is 43.3 Å². The summed E-state index contributed by atoms with van der Waals surface area (Å²) in [7, 11) is 0. The summed E-state index contributed by atoms with van der Waals surface area (Å²) in [6, 6.07) is 10.4. The molecule has 148 valence electrons. The average Bonchev–Trinajstić information content (AvgIpc) is 3.37. The van der Waals surface area contributed by atoms with E-state index in [4.69, 9.17) is 9.40 Å². The van der Waals surface area contributed by atoms with Crippen molar-refractivity contribution in [2.24, 2.45) is 0 Å². The Morgan fingerprint density at radius 2 is 2.03 bits per heavy atom. The second-order valence-electron chi connectivity index (χ2n) is 6.70. The lowest BCUT2D eigenvalue weighted by molar-refractivity contribution is 0.475. The van der Waals surface area contributed by atoms with E-state index in [2.05, 4.69) is 28.5 Å². The third-order valence-corrected chi connectivity index (χ3v) is 6.28. The van der Waals surface area contributed by atoms with Crippen molar-refractivity contribution >= 4 is 29.0 Å². The standard InChI is InChI=1S/C21H19FN4OS2/c1-12(2)21-25-19(20(28-21)16-8-9-23-13(3)24-16)14-6-7-15(22)17(11-14)26-29-18-5-4-10-27-18/h4-12,26H,1-3H3. The molecule has 1 N–H and O–H groups in total. The van der Waals surface area contributed by atoms with E-state index >= 15 is 0 Å². The molecule has 3 aromatic heterocycles. The fourth-order valence-corrected chi connectivity index (χ4v) is 4.39. The molecule has 4 aromatic rings.